The molecule has 4 rings (SSSR count). The third-order valence-corrected chi connectivity index (χ3v) is 7.04. The fourth-order valence-corrected chi connectivity index (χ4v) is 5.45. The number of nitrogens with zero attached hydrogens (tertiary/aromatic N) is 3. The molecule has 0 bridgehead atoms. The van der Waals surface area contributed by atoms with Gasteiger partial charge in [-0.2, -0.15) is 9.40 Å². The fourth-order valence-electron chi connectivity index (χ4n) is 3.42. The number of ether oxygens (including phenoxy) is 1. The molecule has 1 aromatic heterocycles. The number of sulfonamides is 1. The van der Waals surface area contributed by atoms with Gasteiger partial charge in [0.1, 0.15) is 11.6 Å². The van der Waals surface area contributed by atoms with Crippen molar-refractivity contribution in [3.05, 3.63) is 11.8 Å². The van der Waals surface area contributed by atoms with E-state index in [2.05, 4.69) is 10.4 Å². The van der Waals surface area contributed by atoms with Crippen molar-refractivity contribution in [2.24, 2.45) is 7.05 Å². The molecule has 1 spiro atoms. The monoisotopic (exact) mass is 340 g/mol. The maximum absolute atomic E-state index is 13.3. The molecule has 0 radical (unpaired) electrons. The van der Waals surface area contributed by atoms with Crippen LogP contribution in [0.5, 0.6) is 0 Å². The summed E-state index contributed by atoms with van der Waals surface area (Å²) in [5.41, 5.74) is 0.134. The first kappa shape index (κ1) is 15.1. The molecule has 2 aliphatic heterocycles. The Labute approximate surface area is 134 Å². The van der Waals surface area contributed by atoms with E-state index in [1.165, 1.54) is 8.99 Å². The minimum atomic E-state index is -3.84. The van der Waals surface area contributed by atoms with Crippen LogP contribution in [-0.2, 0) is 26.6 Å². The minimum Gasteiger partial charge on any atom is -0.377 e. The van der Waals surface area contributed by atoms with Crippen molar-refractivity contribution in [1.82, 2.24) is 19.4 Å². The van der Waals surface area contributed by atoms with E-state index in [4.69, 9.17) is 4.74 Å². The summed E-state index contributed by atoms with van der Waals surface area (Å²) in [6, 6.07) is 0.885. The summed E-state index contributed by atoms with van der Waals surface area (Å²) in [4.78, 5) is 12.0. The summed E-state index contributed by atoms with van der Waals surface area (Å²) in [7, 11) is -2.20. The lowest BCUT2D eigenvalue weighted by Gasteiger charge is -2.52. The summed E-state index contributed by atoms with van der Waals surface area (Å²) in [5, 5.41) is 7.27. The van der Waals surface area contributed by atoms with Gasteiger partial charge in [0.25, 0.3) is 10.0 Å². The van der Waals surface area contributed by atoms with E-state index in [1.807, 2.05) is 0 Å². The van der Waals surface area contributed by atoms with Gasteiger partial charge in [-0.1, -0.05) is 0 Å². The number of rotatable bonds is 3. The average molecular weight is 340 g/mol. The van der Waals surface area contributed by atoms with E-state index >= 15 is 0 Å². The summed E-state index contributed by atoms with van der Waals surface area (Å²) in [6.45, 7) is 2.49. The van der Waals surface area contributed by atoms with Crippen LogP contribution in [0.15, 0.2) is 11.1 Å². The zero-order chi connectivity index (χ0) is 16.4. The summed E-state index contributed by atoms with van der Waals surface area (Å²) in [6.07, 6.45) is 2.10. The molecule has 1 aliphatic carbocycles. The molecule has 1 saturated carbocycles. The Hall–Kier alpha value is -1.45. The lowest BCUT2D eigenvalue weighted by Crippen LogP contribution is -2.75. The molecule has 8 nitrogen and oxygen atoms in total. The summed E-state index contributed by atoms with van der Waals surface area (Å²) in [5.74, 6) is 0.0870. The molecule has 1 aromatic rings. The van der Waals surface area contributed by atoms with Crippen LogP contribution < -0.4 is 5.32 Å². The molecular weight excluding hydrogens is 320 g/mol. The van der Waals surface area contributed by atoms with Gasteiger partial charge in [0.2, 0.25) is 5.91 Å². The molecule has 3 heterocycles. The maximum atomic E-state index is 13.3. The smallest absolute Gasteiger partial charge is 0.261 e. The van der Waals surface area contributed by atoms with Crippen molar-refractivity contribution >= 4 is 15.9 Å². The van der Waals surface area contributed by atoms with Crippen molar-refractivity contribution in [1.29, 1.82) is 0 Å². The number of aromatic nitrogens is 2. The first-order chi connectivity index (χ1) is 10.8. The van der Waals surface area contributed by atoms with Crippen LogP contribution in [-0.4, -0.2) is 59.7 Å². The Kier molecular flexibility index (Phi) is 3.14. The number of amides is 1. The van der Waals surface area contributed by atoms with Gasteiger partial charge in [0, 0.05) is 25.6 Å². The second kappa shape index (κ2) is 4.78. The van der Waals surface area contributed by atoms with Gasteiger partial charge in [-0.3, -0.25) is 9.48 Å². The number of aryl methyl sites for hydroxylation is 1. The molecule has 3 aliphatic rings. The molecule has 23 heavy (non-hydrogen) atoms. The number of hydrogen-bond donors (Lipinski definition) is 1. The zero-order valence-corrected chi connectivity index (χ0v) is 14.0. The Morgan fingerprint density at radius 3 is 2.65 bits per heavy atom. The zero-order valence-electron chi connectivity index (χ0n) is 13.2. The van der Waals surface area contributed by atoms with Gasteiger partial charge in [-0.15, -0.1) is 0 Å². The van der Waals surface area contributed by atoms with Crippen molar-refractivity contribution in [2.45, 2.75) is 42.3 Å². The van der Waals surface area contributed by atoms with E-state index in [-0.39, 0.29) is 17.5 Å². The predicted molar refractivity (Wildman–Crippen MR) is 80.2 cm³/mol. The summed E-state index contributed by atoms with van der Waals surface area (Å²) >= 11 is 0. The van der Waals surface area contributed by atoms with Gasteiger partial charge < -0.3 is 10.1 Å². The number of carbonyl (C=O) groups is 1. The lowest BCUT2D eigenvalue weighted by molar-refractivity contribution is -0.153. The molecule has 1 atom stereocenters. The first-order valence-electron chi connectivity index (χ1n) is 7.79. The first-order valence-corrected chi connectivity index (χ1v) is 9.23. The number of piperazine rings is 1. The van der Waals surface area contributed by atoms with E-state index in [1.54, 1.807) is 20.0 Å². The van der Waals surface area contributed by atoms with Gasteiger partial charge in [-0.25, -0.2) is 8.42 Å². The van der Waals surface area contributed by atoms with Crippen LogP contribution in [0, 0.1) is 0 Å². The quantitative estimate of drug-likeness (QED) is 0.806. The highest BCUT2D eigenvalue weighted by molar-refractivity contribution is 7.89. The van der Waals surface area contributed by atoms with Crippen molar-refractivity contribution in [2.75, 3.05) is 19.8 Å². The molecule has 126 valence electrons. The van der Waals surface area contributed by atoms with Gasteiger partial charge in [0.05, 0.1) is 18.9 Å². The van der Waals surface area contributed by atoms with Gasteiger partial charge in [0.15, 0.2) is 5.03 Å². The molecule has 1 amide bonds. The second-order valence-corrected chi connectivity index (χ2v) is 8.48. The van der Waals surface area contributed by atoms with E-state index in [0.29, 0.717) is 19.1 Å². The van der Waals surface area contributed by atoms with Crippen LogP contribution in [0.2, 0.25) is 0 Å². The minimum absolute atomic E-state index is 0.146. The fraction of sp³-hybridized carbons (Fsp3) is 0.714. The van der Waals surface area contributed by atoms with E-state index in [9.17, 15) is 13.2 Å². The highest BCUT2D eigenvalue weighted by Crippen LogP contribution is 2.41. The summed E-state index contributed by atoms with van der Waals surface area (Å²) < 4.78 is 34.5. The molecule has 0 unspecified atom stereocenters. The van der Waals surface area contributed by atoms with Gasteiger partial charge >= 0.3 is 0 Å². The molecule has 1 N–H and O–H groups in total. The second-order valence-electron chi connectivity index (χ2n) is 6.72. The predicted octanol–water partition coefficient (Wildman–Crippen LogP) is -0.424. The van der Waals surface area contributed by atoms with Gasteiger partial charge in [-0.05, 0) is 19.8 Å². The van der Waals surface area contributed by atoms with Crippen LogP contribution in [0.4, 0.5) is 0 Å². The van der Waals surface area contributed by atoms with Crippen molar-refractivity contribution < 1.29 is 17.9 Å². The SMILES string of the molecule is C[C@H]1C(=O)NCC2(COC2)N1S(=O)(=O)c1cc(C2CC2)nn1C. The number of nitrogens with one attached hydrogen (secondary N) is 1. The Morgan fingerprint density at radius 2 is 2.09 bits per heavy atom. The Bertz CT molecular complexity index is 764. The third-order valence-electron chi connectivity index (χ3n) is 4.91. The third kappa shape index (κ3) is 2.14. The van der Waals surface area contributed by atoms with Crippen molar-refractivity contribution in [3.8, 4) is 0 Å². The topological polar surface area (TPSA) is 93.5 Å². The number of hydrogen-bond acceptors (Lipinski definition) is 5. The van der Waals surface area contributed by atoms with Crippen molar-refractivity contribution in [3.63, 3.8) is 0 Å². The standard InChI is InChI=1S/C14H20N4O4S/c1-9-13(19)15-6-14(7-22-8-14)18(9)23(20,21)12-5-11(10-3-4-10)16-17(12)2/h5,9-10H,3-4,6-8H2,1-2H3,(H,15,19)/t9-/m0/s1. The molecule has 9 heteroatoms. The number of carbonyl (C=O) groups excluding carboxylic acids is 1. The van der Waals surface area contributed by atoms with E-state index < -0.39 is 21.6 Å². The molecule has 0 aromatic carbocycles. The van der Waals surface area contributed by atoms with Crippen LogP contribution >= 0.6 is 0 Å². The van der Waals surface area contributed by atoms with E-state index in [0.717, 1.165) is 18.5 Å². The van der Waals surface area contributed by atoms with Crippen LogP contribution in [0.25, 0.3) is 0 Å². The average Bonchev–Trinajstić information content (AvgIpc) is 3.22. The normalized spacial score (nSPS) is 27.7. The Balaban J connectivity index is 1.78. The highest BCUT2D eigenvalue weighted by atomic mass is 32.2. The largest absolute Gasteiger partial charge is 0.377 e. The van der Waals surface area contributed by atoms with Crippen LogP contribution in [0.3, 0.4) is 0 Å². The molecule has 3 fully saturated rings. The lowest BCUT2D eigenvalue weighted by atomic mass is 9.93. The molecular formula is C14H20N4O4S. The highest BCUT2D eigenvalue weighted by Gasteiger charge is 2.56. The Morgan fingerprint density at radius 1 is 1.39 bits per heavy atom. The molecule has 2 saturated heterocycles. The maximum Gasteiger partial charge on any atom is 0.261 e. The van der Waals surface area contributed by atoms with Crippen LogP contribution in [0.1, 0.15) is 31.4 Å².